The van der Waals surface area contributed by atoms with Crippen LogP contribution in [0.1, 0.15) is 6.42 Å². The average Bonchev–Trinajstić information content (AvgIpc) is 2.98. The first-order valence-electron chi connectivity index (χ1n) is 6.40. The third-order valence-electron chi connectivity index (χ3n) is 3.11. The molecule has 0 unspecified atom stereocenters. The highest BCUT2D eigenvalue weighted by atomic mass is 32.2. The van der Waals surface area contributed by atoms with Gasteiger partial charge in [-0.3, -0.25) is 4.57 Å². The summed E-state index contributed by atoms with van der Waals surface area (Å²) in [7, 11) is 1.92. The quantitative estimate of drug-likeness (QED) is 0.573. The molecule has 0 amide bonds. The Labute approximate surface area is 119 Å². The fourth-order valence-corrected chi connectivity index (χ4v) is 2.93. The molecule has 0 spiro atoms. The predicted octanol–water partition coefficient (Wildman–Crippen LogP) is 1.64. The summed E-state index contributed by atoms with van der Waals surface area (Å²) in [6.45, 7) is 0.702. The SMILES string of the molecule is Cn1cnnc1SCCCn1c(=O)[nH]c2ccccc21. The van der Waals surface area contributed by atoms with Crippen molar-refractivity contribution in [3.8, 4) is 0 Å². The van der Waals surface area contributed by atoms with E-state index in [2.05, 4.69) is 15.2 Å². The standard InChI is InChI=1S/C13H15N5OS/c1-17-9-14-16-13(17)20-8-4-7-18-11-6-3-2-5-10(11)15-12(18)19/h2-3,5-6,9H,4,7-8H2,1H3,(H,15,19). The van der Waals surface area contributed by atoms with Gasteiger partial charge >= 0.3 is 5.69 Å². The maximum atomic E-state index is 11.9. The van der Waals surface area contributed by atoms with Crippen LogP contribution in [0.2, 0.25) is 0 Å². The third kappa shape index (κ3) is 2.49. The van der Waals surface area contributed by atoms with Crippen molar-refractivity contribution in [2.24, 2.45) is 7.05 Å². The number of hydrogen-bond acceptors (Lipinski definition) is 4. The molecule has 3 rings (SSSR count). The molecular weight excluding hydrogens is 274 g/mol. The van der Waals surface area contributed by atoms with Gasteiger partial charge in [-0.15, -0.1) is 10.2 Å². The number of aromatic nitrogens is 5. The Morgan fingerprint density at radius 1 is 1.35 bits per heavy atom. The van der Waals surface area contributed by atoms with Crippen molar-refractivity contribution in [3.05, 3.63) is 41.1 Å². The van der Waals surface area contributed by atoms with Crippen LogP contribution in [0.3, 0.4) is 0 Å². The Morgan fingerprint density at radius 2 is 2.20 bits per heavy atom. The number of thioether (sulfide) groups is 1. The summed E-state index contributed by atoms with van der Waals surface area (Å²) in [5.41, 5.74) is 1.80. The summed E-state index contributed by atoms with van der Waals surface area (Å²) >= 11 is 1.65. The van der Waals surface area contributed by atoms with Gasteiger partial charge in [0.2, 0.25) is 0 Å². The van der Waals surface area contributed by atoms with Gasteiger partial charge in [0.05, 0.1) is 11.0 Å². The van der Waals surface area contributed by atoms with Gasteiger partial charge in [-0.2, -0.15) is 0 Å². The van der Waals surface area contributed by atoms with E-state index in [0.29, 0.717) is 6.54 Å². The number of aromatic amines is 1. The number of nitrogens with one attached hydrogen (secondary N) is 1. The molecule has 6 nitrogen and oxygen atoms in total. The zero-order valence-corrected chi connectivity index (χ0v) is 11.9. The highest BCUT2D eigenvalue weighted by Gasteiger charge is 2.06. The highest BCUT2D eigenvalue weighted by molar-refractivity contribution is 7.99. The molecule has 0 saturated heterocycles. The van der Waals surface area contributed by atoms with E-state index in [4.69, 9.17) is 0 Å². The van der Waals surface area contributed by atoms with E-state index in [-0.39, 0.29) is 5.69 Å². The molecule has 7 heteroatoms. The number of nitrogens with zero attached hydrogens (tertiary/aromatic N) is 4. The smallest absolute Gasteiger partial charge is 0.312 e. The number of fused-ring (bicyclic) bond motifs is 1. The van der Waals surface area contributed by atoms with Gasteiger partial charge in [-0.1, -0.05) is 23.9 Å². The van der Waals surface area contributed by atoms with E-state index in [1.165, 1.54) is 0 Å². The number of benzene rings is 1. The molecule has 3 aromatic rings. The van der Waals surface area contributed by atoms with Crippen molar-refractivity contribution in [3.63, 3.8) is 0 Å². The lowest BCUT2D eigenvalue weighted by molar-refractivity contribution is 0.678. The zero-order valence-electron chi connectivity index (χ0n) is 11.1. The lowest BCUT2D eigenvalue weighted by atomic mass is 10.3. The molecule has 0 aliphatic carbocycles. The number of aryl methyl sites for hydroxylation is 2. The number of imidazole rings is 1. The van der Waals surface area contributed by atoms with E-state index >= 15 is 0 Å². The van der Waals surface area contributed by atoms with Crippen LogP contribution < -0.4 is 5.69 Å². The number of para-hydroxylation sites is 2. The van der Waals surface area contributed by atoms with Crippen LogP contribution in [0, 0.1) is 0 Å². The van der Waals surface area contributed by atoms with Crippen molar-refractivity contribution in [2.75, 3.05) is 5.75 Å². The number of H-pyrrole nitrogens is 1. The van der Waals surface area contributed by atoms with E-state index in [1.807, 2.05) is 35.9 Å². The van der Waals surface area contributed by atoms with Crippen LogP contribution in [0.15, 0.2) is 40.5 Å². The molecule has 0 saturated carbocycles. The molecule has 1 aromatic carbocycles. The lowest BCUT2D eigenvalue weighted by Crippen LogP contribution is -2.17. The fourth-order valence-electron chi connectivity index (χ4n) is 2.12. The average molecular weight is 289 g/mol. The van der Waals surface area contributed by atoms with E-state index in [0.717, 1.165) is 28.4 Å². The van der Waals surface area contributed by atoms with Gasteiger partial charge in [0.1, 0.15) is 6.33 Å². The third-order valence-corrected chi connectivity index (χ3v) is 4.23. The maximum Gasteiger partial charge on any atom is 0.326 e. The van der Waals surface area contributed by atoms with Crippen LogP contribution in [0.4, 0.5) is 0 Å². The highest BCUT2D eigenvalue weighted by Crippen LogP contribution is 2.15. The molecule has 2 aromatic heterocycles. The van der Waals surface area contributed by atoms with E-state index in [9.17, 15) is 4.79 Å². The Balaban J connectivity index is 1.64. The second-order valence-corrected chi connectivity index (χ2v) is 5.59. The largest absolute Gasteiger partial charge is 0.326 e. The minimum Gasteiger partial charge on any atom is -0.312 e. The predicted molar refractivity (Wildman–Crippen MR) is 78.9 cm³/mol. The van der Waals surface area contributed by atoms with Gasteiger partial charge in [-0.05, 0) is 18.6 Å². The molecule has 0 fully saturated rings. The van der Waals surface area contributed by atoms with E-state index < -0.39 is 0 Å². The normalized spacial score (nSPS) is 11.2. The Morgan fingerprint density at radius 3 is 3.00 bits per heavy atom. The van der Waals surface area contributed by atoms with Crippen LogP contribution in [-0.2, 0) is 13.6 Å². The van der Waals surface area contributed by atoms with Crippen molar-refractivity contribution >= 4 is 22.8 Å². The summed E-state index contributed by atoms with van der Waals surface area (Å²) in [5, 5.41) is 8.76. The van der Waals surface area contributed by atoms with Crippen molar-refractivity contribution in [1.82, 2.24) is 24.3 Å². The Hall–Kier alpha value is -2.02. The molecule has 104 valence electrons. The van der Waals surface area contributed by atoms with Gasteiger partial charge in [-0.25, -0.2) is 4.79 Å². The molecule has 0 aliphatic heterocycles. The zero-order chi connectivity index (χ0) is 13.9. The summed E-state index contributed by atoms with van der Waals surface area (Å²) in [6, 6.07) is 7.75. The minimum absolute atomic E-state index is 0.0464. The van der Waals surface area contributed by atoms with E-state index in [1.54, 1.807) is 22.7 Å². The lowest BCUT2D eigenvalue weighted by Gasteiger charge is -2.03. The molecule has 20 heavy (non-hydrogen) atoms. The summed E-state index contributed by atoms with van der Waals surface area (Å²) in [6.07, 6.45) is 2.59. The Kier molecular flexibility index (Phi) is 3.60. The van der Waals surface area contributed by atoms with Crippen molar-refractivity contribution in [2.45, 2.75) is 18.1 Å². The molecule has 2 heterocycles. The topological polar surface area (TPSA) is 68.5 Å². The first-order chi connectivity index (χ1) is 9.75. The van der Waals surface area contributed by atoms with Crippen molar-refractivity contribution < 1.29 is 0 Å². The molecule has 1 N–H and O–H groups in total. The van der Waals surface area contributed by atoms with Crippen LogP contribution >= 0.6 is 11.8 Å². The van der Waals surface area contributed by atoms with Gasteiger partial charge in [0.15, 0.2) is 5.16 Å². The molecule has 0 atom stereocenters. The van der Waals surface area contributed by atoms with Gasteiger partial charge in [0.25, 0.3) is 0 Å². The Bertz CT molecular complexity index is 772. The summed E-state index contributed by atoms with van der Waals surface area (Å²) in [5.74, 6) is 0.901. The number of hydrogen-bond donors (Lipinski definition) is 1. The minimum atomic E-state index is -0.0464. The monoisotopic (exact) mass is 289 g/mol. The molecule has 0 bridgehead atoms. The van der Waals surface area contributed by atoms with Crippen LogP contribution in [0.25, 0.3) is 11.0 Å². The first kappa shape index (κ1) is 13.0. The number of rotatable bonds is 5. The second kappa shape index (κ2) is 5.54. The summed E-state index contributed by atoms with van der Waals surface area (Å²) < 4.78 is 3.68. The maximum absolute atomic E-state index is 11.9. The van der Waals surface area contributed by atoms with Crippen molar-refractivity contribution in [1.29, 1.82) is 0 Å². The second-order valence-electron chi connectivity index (χ2n) is 4.53. The molecule has 0 radical (unpaired) electrons. The molecule has 0 aliphatic rings. The molecular formula is C13H15N5OS. The van der Waals surface area contributed by atoms with Gasteiger partial charge in [0, 0.05) is 19.3 Å². The van der Waals surface area contributed by atoms with Crippen LogP contribution in [-0.4, -0.2) is 30.1 Å². The van der Waals surface area contributed by atoms with Crippen LogP contribution in [0.5, 0.6) is 0 Å². The van der Waals surface area contributed by atoms with Gasteiger partial charge < -0.3 is 9.55 Å². The fraction of sp³-hybridized carbons (Fsp3) is 0.308. The first-order valence-corrected chi connectivity index (χ1v) is 7.38. The summed E-state index contributed by atoms with van der Waals surface area (Å²) in [4.78, 5) is 14.8.